The van der Waals surface area contributed by atoms with Gasteiger partial charge in [0.2, 0.25) is 5.91 Å². The molecule has 0 spiro atoms. The van der Waals surface area contributed by atoms with Crippen LogP contribution in [0.1, 0.15) is 25.7 Å². The molecule has 1 heterocycles. The molecule has 1 fully saturated rings. The maximum atomic E-state index is 11.9. The van der Waals surface area contributed by atoms with E-state index in [0.29, 0.717) is 17.0 Å². The maximum absolute atomic E-state index is 11.9. The fourth-order valence-electron chi connectivity index (χ4n) is 2.16. The Labute approximate surface area is 112 Å². The molecule has 2 amide bonds. The number of rotatable bonds is 3. The second kappa shape index (κ2) is 6.05. The second-order valence-electron chi connectivity index (χ2n) is 4.53. The van der Waals surface area contributed by atoms with E-state index in [4.69, 9.17) is 11.6 Å². The Kier molecular flexibility index (Phi) is 4.42. The highest BCUT2D eigenvalue weighted by Gasteiger charge is 2.19. The summed E-state index contributed by atoms with van der Waals surface area (Å²) in [6, 6.07) is 0. The van der Waals surface area contributed by atoms with Crippen molar-refractivity contribution in [3.63, 3.8) is 0 Å². The highest BCUT2D eigenvalue weighted by atomic mass is 35.5. The van der Waals surface area contributed by atoms with Gasteiger partial charge in [-0.2, -0.15) is 0 Å². The molecular formula is C13H17ClN2O2. The first kappa shape index (κ1) is 13.1. The van der Waals surface area contributed by atoms with Crippen molar-refractivity contribution in [2.45, 2.75) is 25.7 Å². The van der Waals surface area contributed by atoms with Crippen LogP contribution in [0.15, 0.2) is 22.8 Å². The van der Waals surface area contributed by atoms with Crippen LogP contribution in [0.5, 0.6) is 0 Å². The Morgan fingerprint density at radius 3 is 2.72 bits per heavy atom. The molecule has 0 unspecified atom stereocenters. The van der Waals surface area contributed by atoms with E-state index in [2.05, 4.69) is 5.32 Å². The molecule has 0 aromatic rings. The minimum Gasteiger partial charge on any atom is -0.343 e. The first-order chi connectivity index (χ1) is 8.68. The zero-order valence-electron chi connectivity index (χ0n) is 10.2. The van der Waals surface area contributed by atoms with Gasteiger partial charge in [0.1, 0.15) is 0 Å². The Balaban J connectivity index is 1.84. The number of allylic oxidation sites excluding steroid dienone is 2. The third-order valence-corrected chi connectivity index (χ3v) is 3.60. The lowest BCUT2D eigenvalue weighted by atomic mass is 10.1. The summed E-state index contributed by atoms with van der Waals surface area (Å²) in [6.45, 7) is 1.66. The maximum Gasteiger partial charge on any atom is 0.252 e. The Morgan fingerprint density at radius 1 is 1.33 bits per heavy atom. The Bertz CT molecular complexity index is 409. The summed E-state index contributed by atoms with van der Waals surface area (Å²) in [5, 5.41) is 3.21. The van der Waals surface area contributed by atoms with Crippen LogP contribution >= 0.6 is 11.6 Å². The third kappa shape index (κ3) is 3.13. The zero-order chi connectivity index (χ0) is 13.0. The largest absolute Gasteiger partial charge is 0.343 e. The summed E-state index contributed by atoms with van der Waals surface area (Å²) in [5.41, 5.74) is 0.483. The zero-order valence-corrected chi connectivity index (χ0v) is 11.0. The van der Waals surface area contributed by atoms with Gasteiger partial charge in [-0.3, -0.25) is 9.59 Å². The fourth-order valence-corrected chi connectivity index (χ4v) is 2.42. The van der Waals surface area contributed by atoms with Crippen molar-refractivity contribution in [1.29, 1.82) is 0 Å². The first-order valence-corrected chi connectivity index (χ1v) is 6.67. The normalized spacial score (nSPS) is 19.3. The summed E-state index contributed by atoms with van der Waals surface area (Å²) in [4.78, 5) is 25.4. The van der Waals surface area contributed by atoms with Gasteiger partial charge in [-0.15, -0.1) is 0 Å². The molecule has 0 aromatic carbocycles. The molecule has 0 atom stereocenters. The van der Waals surface area contributed by atoms with Gasteiger partial charge in [0.05, 0.1) is 12.1 Å². The number of likely N-dealkylation sites (tertiary alicyclic amines) is 1. The molecule has 5 heteroatoms. The number of halogens is 1. The highest BCUT2D eigenvalue weighted by Crippen LogP contribution is 2.22. The number of amides is 2. The fraction of sp³-hybridized carbons (Fsp3) is 0.538. The van der Waals surface area contributed by atoms with Gasteiger partial charge in [0.25, 0.3) is 5.91 Å². The van der Waals surface area contributed by atoms with Gasteiger partial charge in [-0.25, -0.2) is 0 Å². The van der Waals surface area contributed by atoms with Crippen LogP contribution in [-0.2, 0) is 9.59 Å². The molecule has 2 rings (SSSR count). The van der Waals surface area contributed by atoms with Gasteiger partial charge in [0.15, 0.2) is 0 Å². The van der Waals surface area contributed by atoms with Crippen molar-refractivity contribution < 1.29 is 9.59 Å². The van der Waals surface area contributed by atoms with Gasteiger partial charge < -0.3 is 10.2 Å². The predicted molar refractivity (Wildman–Crippen MR) is 70.1 cm³/mol. The van der Waals surface area contributed by atoms with E-state index in [-0.39, 0.29) is 18.4 Å². The Morgan fingerprint density at radius 2 is 2.06 bits per heavy atom. The van der Waals surface area contributed by atoms with Crippen molar-refractivity contribution in [1.82, 2.24) is 10.2 Å². The molecule has 98 valence electrons. The van der Waals surface area contributed by atoms with E-state index >= 15 is 0 Å². The lowest BCUT2D eigenvalue weighted by molar-refractivity contribution is -0.131. The lowest BCUT2D eigenvalue weighted by Crippen LogP contribution is -2.39. The Hall–Kier alpha value is -1.29. The summed E-state index contributed by atoms with van der Waals surface area (Å²) < 4.78 is 0. The quantitative estimate of drug-likeness (QED) is 0.845. The van der Waals surface area contributed by atoms with Crippen LogP contribution in [0.3, 0.4) is 0 Å². The summed E-state index contributed by atoms with van der Waals surface area (Å²) in [5.74, 6) is -0.277. The number of carbonyl (C=O) groups excluding carboxylic acids is 2. The second-order valence-corrected chi connectivity index (χ2v) is 4.99. The van der Waals surface area contributed by atoms with Crippen molar-refractivity contribution in [2.24, 2.45) is 0 Å². The molecule has 1 aliphatic carbocycles. The number of nitrogens with zero attached hydrogens (tertiary/aromatic N) is 1. The molecule has 0 bridgehead atoms. The van der Waals surface area contributed by atoms with Gasteiger partial charge in [0, 0.05) is 18.1 Å². The van der Waals surface area contributed by atoms with E-state index in [1.807, 2.05) is 6.08 Å². The topological polar surface area (TPSA) is 49.4 Å². The van der Waals surface area contributed by atoms with Crippen LogP contribution in [0.25, 0.3) is 0 Å². The van der Waals surface area contributed by atoms with Crippen LogP contribution < -0.4 is 5.32 Å². The van der Waals surface area contributed by atoms with E-state index in [1.165, 1.54) is 0 Å². The smallest absolute Gasteiger partial charge is 0.252 e. The molecule has 1 N–H and O–H groups in total. The van der Waals surface area contributed by atoms with Gasteiger partial charge >= 0.3 is 0 Å². The average Bonchev–Trinajstić information content (AvgIpc) is 2.90. The summed E-state index contributed by atoms with van der Waals surface area (Å²) in [7, 11) is 0. The molecular weight excluding hydrogens is 252 g/mol. The molecule has 0 aromatic heterocycles. The molecule has 0 radical (unpaired) electrons. The minimum absolute atomic E-state index is 0.0163. The van der Waals surface area contributed by atoms with Crippen LogP contribution in [0.2, 0.25) is 0 Å². The number of nitrogens with one attached hydrogen (secondary N) is 1. The van der Waals surface area contributed by atoms with Crippen molar-refractivity contribution in [3.8, 4) is 0 Å². The molecule has 18 heavy (non-hydrogen) atoms. The van der Waals surface area contributed by atoms with Crippen molar-refractivity contribution in [2.75, 3.05) is 19.6 Å². The van der Waals surface area contributed by atoms with Crippen molar-refractivity contribution in [3.05, 3.63) is 22.8 Å². The van der Waals surface area contributed by atoms with Crippen LogP contribution in [-0.4, -0.2) is 36.3 Å². The molecule has 2 aliphatic rings. The van der Waals surface area contributed by atoms with Crippen LogP contribution in [0, 0.1) is 0 Å². The minimum atomic E-state index is -0.261. The lowest BCUT2D eigenvalue weighted by Gasteiger charge is -2.16. The summed E-state index contributed by atoms with van der Waals surface area (Å²) in [6.07, 6.45) is 7.31. The van der Waals surface area contributed by atoms with E-state index in [0.717, 1.165) is 32.4 Å². The molecule has 0 saturated carbocycles. The number of hydrogen-bond donors (Lipinski definition) is 1. The van der Waals surface area contributed by atoms with Crippen LogP contribution in [0.4, 0.5) is 0 Å². The van der Waals surface area contributed by atoms with Crippen molar-refractivity contribution >= 4 is 23.4 Å². The molecule has 1 aliphatic heterocycles. The standard InChI is InChI=1S/C13H17ClN2O2/c14-11-6-2-1-5-10(11)13(18)15-9-12(17)16-7-3-4-8-16/h1,5H,2-4,6-9H2,(H,15,18). The van der Waals surface area contributed by atoms with Gasteiger partial charge in [-0.05, 0) is 25.7 Å². The number of carbonyl (C=O) groups is 2. The van der Waals surface area contributed by atoms with Gasteiger partial charge in [-0.1, -0.05) is 23.8 Å². The molecule has 4 nitrogen and oxygen atoms in total. The monoisotopic (exact) mass is 268 g/mol. The molecule has 1 saturated heterocycles. The first-order valence-electron chi connectivity index (χ1n) is 6.29. The van der Waals surface area contributed by atoms with E-state index in [9.17, 15) is 9.59 Å². The summed E-state index contributed by atoms with van der Waals surface area (Å²) >= 11 is 5.99. The van der Waals surface area contributed by atoms with E-state index in [1.54, 1.807) is 11.0 Å². The van der Waals surface area contributed by atoms with E-state index < -0.39 is 0 Å². The third-order valence-electron chi connectivity index (χ3n) is 3.21. The average molecular weight is 269 g/mol. The SMILES string of the molecule is O=C(NCC(=O)N1CCCC1)C1=C(Cl)CCC=C1. The highest BCUT2D eigenvalue weighted by molar-refractivity contribution is 6.32. The number of hydrogen-bond acceptors (Lipinski definition) is 2. The predicted octanol–water partition coefficient (Wildman–Crippen LogP) is 1.57.